The third kappa shape index (κ3) is 1.81. The first-order chi connectivity index (χ1) is 5.24. The van der Waals surface area contributed by atoms with Crippen molar-refractivity contribution in [3.63, 3.8) is 0 Å². The Morgan fingerprint density at radius 3 is 3.00 bits per heavy atom. The Morgan fingerprint density at radius 2 is 2.55 bits per heavy atom. The van der Waals surface area contributed by atoms with Crippen molar-refractivity contribution >= 4 is 5.91 Å². The summed E-state index contributed by atoms with van der Waals surface area (Å²) in [6.45, 7) is 0.749. The van der Waals surface area contributed by atoms with E-state index in [0.717, 1.165) is 6.54 Å². The SMILES string of the molecule is CN1C=CC(C(=O)NN)=CC1. The Hall–Kier alpha value is -1.29. The fourth-order valence-electron chi connectivity index (χ4n) is 0.830. The zero-order valence-electron chi connectivity index (χ0n) is 6.37. The number of nitrogens with zero attached hydrogens (tertiary/aromatic N) is 1. The number of amides is 1. The first-order valence-electron chi connectivity index (χ1n) is 3.33. The molecule has 0 aromatic carbocycles. The summed E-state index contributed by atoms with van der Waals surface area (Å²) in [6.07, 6.45) is 5.39. The van der Waals surface area contributed by atoms with E-state index in [1.54, 1.807) is 6.08 Å². The summed E-state index contributed by atoms with van der Waals surface area (Å²) in [5.41, 5.74) is 2.69. The minimum absolute atomic E-state index is 0.241. The van der Waals surface area contributed by atoms with Crippen LogP contribution in [0.25, 0.3) is 0 Å². The van der Waals surface area contributed by atoms with Gasteiger partial charge >= 0.3 is 0 Å². The average molecular weight is 153 g/mol. The van der Waals surface area contributed by atoms with Gasteiger partial charge in [-0.1, -0.05) is 6.08 Å². The first-order valence-corrected chi connectivity index (χ1v) is 3.33. The third-order valence-corrected chi connectivity index (χ3v) is 1.50. The van der Waals surface area contributed by atoms with E-state index in [2.05, 4.69) is 5.43 Å². The third-order valence-electron chi connectivity index (χ3n) is 1.50. The number of nitrogens with two attached hydrogens (primary N) is 1. The van der Waals surface area contributed by atoms with Gasteiger partial charge in [0, 0.05) is 19.2 Å². The quantitative estimate of drug-likeness (QED) is 0.299. The molecular formula is C7H11N3O. The highest BCUT2D eigenvalue weighted by Gasteiger charge is 2.06. The minimum Gasteiger partial charge on any atom is -0.377 e. The van der Waals surface area contributed by atoms with Crippen LogP contribution in [0.4, 0.5) is 0 Å². The molecule has 11 heavy (non-hydrogen) atoms. The molecule has 0 aromatic heterocycles. The van der Waals surface area contributed by atoms with E-state index in [0.29, 0.717) is 5.57 Å². The monoisotopic (exact) mass is 153 g/mol. The second-order valence-electron chi connectivity index (χ2n) is 2.39. The van der Waals surface area contributed by atoms with E-state index in [9.17, 15) is 4.79 Å². The molecule has 4 heteroatoms. The van der Waals surface area contributed by atoms with Gasteiger partial charge in [-0.2, -0.15) is 0 Å². The number of rotatable bonds is 1. The fourth-order valence-corrected chi connectivity index (χ4v) is 0.830. The number of hydrazine groups is 1. The van der Waals surface area contributed by atoms with E-state index in [4.69, 9.17) is 5.84 Å². The molecule has 4 nitrogen and oxygen atoms in total. The van der Waals surface area contributed by atoms with E-state index in [1.807, 2.05) is 24.2 Å². The van der Waals surface area contributed by atoms with Crippen molar-refractivity contribution in [2.45, 2.75) is 0 Å². The normalized spacial score (nSPS) is 16.2. The Bertz CT molecular complexity index is 220. The van der Waals surface area contributed by atoms with Gasteiger partial charge in [0.05, 0.1) is 0 Å². The van der Waals surface area contributed by atoms with Crippen molar-refractivity contribution in [3.05, 3.63) is 23.9 Å². The molecule has 1 aliphatic heterocycles. The summed E-state index contributed by atoms with van der Waals surface area (Å²) in [5, 5.41) is 0. The first kappa shape index (κ1) is 7.81. The van der Waals surface area contributed by atoms with Crippen molar-refractivity contribution in [3.8, 4) is 0 Å². The molecule has 0 atom stereocenters. The Morgan fingerprint density at radius 1 is 1.82 bits per heavy atom. The molecule has 0 aliphatic carbocycles. The lowest BCUT2D eigenvalue weighted by Gasteiger charge is -2.15. The molecule has 0 unspecified atom stereocenters. The van der Waals surface area contributed by atoms with Gasteiger partial charge in [-0.05, 0) is 12.3 Å². The number of hydrogen-bond acceptors (Lipinski definition) is 3. The molecule has 0 saturated heterocycles. The molecule has 60 valence electrons. The topological polar surface area (TPSA) is 58.4 Å². The van der Waals surface area contributed by atoms with Crippen LogP contribution in [0.15, 0.2) is 23.9 Å². The van der Waals surface area contributed by atoms with Gasteiger partial charge in [-0.15, -0.1) is 0 Å². The molecule has 1 amide bonds. The second kappa shape index (κ2) is 3.21. The van der Waals surface area contributed by atoms with Gasteiger partial charge in [0.25, 0.3) is 5.91 Å². The van der Waals surface area contributed by atoms with E-state index in [-0.39, 0.29) is 5.91 Å². The van der Waals surface area contributed by atoms with Crippen molar-refractivity contribution in [2.24, 2.45) is 5.84 Å². The van der Waals surface area contributed by atoms with Crippen LogP contribution in [-0.2, 0) is 4.79 Å². The zero-order chi connectivity index (χ0) is 8.27. The smallest absolute Gasteiger partial charge is 0.264 e. The van der Waals surface area contributed by atoms with Gasteiger partial charge < -0.3 is 4.90 Å². The highest BCUT2D eigenvalue weighted by molar-refractivity contribution is 5.95. The van der Waals surface area contributed by atoms with Crippen molar-refractivity contribution < 1.29 is 4.79 Å². The number of hydrogen-bond donors (Lipinski definition) is 2. The molecular weight excluding hydrogens is 142 g/mol. The van der Waals surface area contributed by atoms with E-state index < -0.39 is 0 Å². The van der Waals surface area contributed by atoms with Crippen LogP contribution in [0.2, 0.25) is 0 Å². The van der Waals surface area contributed by atoms with E-state index in [1.165, 1.54) is 0 Å². The summed E-state index contributed by atoms with van der Waals surface area (Å²) in [7, 11) is 1.93. The van der Waals surface area contributed by atoms with Crippen molar-refractivity contribution in [1.82, 2.24) is 10.3 Å². The molecule has 3 N–H and O–H groups in total. The minimum atomic E-state index is -0.241. The Balaban J connectivity index is 2.63. The number of carbonyl (C=O) groups is 1. The van der Waals surface area contributed by atoms with Crippen LogP contribution in [-0.4, -0.2) is 24.4 Å². The average Bonchev–Trinajstić information content (AvgIpc) is 2.05. The predicted octanol–water partition coefficient (Wildman–Crippen LogP) is -0.638. The molecule has 0 bridgehead atoms. The summed E-state index contributed by atoms with van der Waals surface area (Å²) >= 11 is 0. The van der Waals surface area contributed by atoms with Crippen LogP contribution in [0.1, 0.15) is 0 Å². The summed E-state index contributed by atoms with van der Waals surface area (Å²) in [5.74, 6) is 4.71. The number of likely N-dealkylation sites (N-methyl/N-ethyl adjacent to an activating group) is 1. The number of carbonyl (C=O) groups excluding carboxylic acids is 1. The van der Waals surface area contributed by atoms with Gasteiger partial charge in [0.15, 0.2) is 0 Å². The summed E-state index contributed by atoms with van der Waals surface area (Å²) in [6, 6.07) is 0. The van der Waals surface area contributed by atoms with Crippen molar-refractivity contribution in [1.29, 1.82) is 0 Å². The van der Waals surface area contributed by atoms with Crippen LogP contribution in [0.5, 0.6) is 0 Å². The predicted molar refractivity (Wildman–Crippen MR) is 42.2 cm³/mol. The lowest BCUT2D eigenvalue weighted by atomic mass is 10.2. The molecule has 0 spiro atoms. The molecule has 1 rings (SSSR count). The maximum Gasteiger partial charge on any atom is 0.264 e. The molecule has 1 aliphatic rings. The Kier molecular flexibility index (Phi) is 2.28. The van der Waals surface area contributed by atoms with Crippen LogP contribution >= 0.6 is 0 Å². The van der Waals surface area contributed by atoms with Gasteiger partial charge in [-0.25, -0.2) is 5.84 Å². The summed E-state index contributed by atoms with van der Waals surface area (Å²) < 4.78 is 0. The lowest BCUT2D eigenvalue weighted by Crippen LogP contribution is -2.32. The maximum absolute atomic E-state index is 10.9. The highest BCUT2D eigenvalue weighted by atomic mass is 16.2. The summed E-state index contributed by atoms with van der Waals surface area (Å²) in [4.78, 5) is 12.9. The standard InChI is InChI=1S/C7H11N3O/c1-10-4-2-6(3-5-10)7(11)9-8/h2-4H,5,8H2,1H3,(H,9,11). The largest absolute Gasteiger partial charge is 0.377 e. The van der Waals surface area contributed by atoms with Crippen LogP contribution in [0.3, 0.4) is 0 Å². The molecule has 0 radical (unpaired) electrons. The van der Waals surface area contributed by atoms with E-state index >= 15 is 0 Å². The van der Waals surface area contributed by atoms with Crippen LogP contribution < -0.4 is 11.3 Å². The molecule has 0 fully saturated rings. The molecule has 0 aromatic rings. The maximum atomic E-state index is 10.9. The lowest BCUT2D eigenvalue weighted by molar-refractivity contribution is -0.117. The van der Waals surface area contributed by atoms with Crippen molar-refractivity contribution in [2.75, 3.05) is 13.6 Å². The highest BCUT2D eigenvalue weighted by Crippen LogP contribution is 2.04. The fraction of sp³-hybridized carbons (Fsp3) is 0.286. The van der Waals surface area contributed by atoms with Gasteiger partial charge in [0.2, 0.25) is 0 Å². The zero-order valence-corrected chi connectivity index (χ0v) is 6.37. The van der Waals surface area contributed by atoms with Gasteiger partial charge in [-0.3, -0.25) is 10.2 Å². The second-order valence-corrected chi connectivity index (χ2v) is 2.39. The molecule has 0 saturated carbocycles. The molecule has 1 heterocycles. The van der Waals surface area contributed by atoms with Gasteiger partial charge in [0.1, 0.15) is 0 Å². The Labute approximate surface area is 65.3 Å². The van der Waals surface area contributed by atoms with Crippen LogP contribution in [0, 0.1) is 0 Å². The number of nitrogens with one attached hydrogen (secondary N) is 1.